The van der Waals surface area contributed by atoms with Gasteiger partial charge in [0.2, 0.25) is 5.91 Å². The second-order valence-corrected chi connectivity index (χ2v) is 6.44. The van der Waals surface area contributed by atoms with Crippen molar-refractivity contribution in [3.05, 3.63) is 83.9 Å². The third kappa shape index (κ3) is 5.87. The summed E-state index contributed by atoms with van der Waals surface area (Å²) in [5.74, 6) is -0.693. The van der Waals surface area contributed by atoms with Gasteiger partial charge in [-0.1, -0.05) is 18.2 Å². The van der Waals surface area contributed by atoms with Crippen LogP contribution in [0.15, 0.2) is 67.0 Å². The van der Waals surface area contributed by atoms with Crippen LogP contribution in [-0.4, -0.2) is 23.3 Å². The lowest BCUT2D eigenvalue weighted by atomic mass is 10.1. The van der Waals surface area contributed by atoms with Gasteiger partial charge in [-0.15, -0.1) is 0 Å². The summed E-state index contributed by atoms with van der Waals surface area (Å²) in [6.07, 6.45) is 3.49. The van der Waals surface area contributed by atoms with Crippen molar-refractivity contribution in [2.75, 3.05) is 17.2 Å². The van der Waals surface area contributed by atoms with E-state index in [1.807, 2.05) is 12.1 Å². The molecule has 0 atom stereocenters. The molecule has 0 aliphatic heterocycles. The zero-order valence-electron chi connectivity index (χ0n) is 15.9. The number of carbonyl (C=O) groups excluding carboxylic acids is 2. The minimum atomic E-state index is -0.279. The zero-order chi connectivity index (χ0) is 20.6. The fraction of sp³-hybridized carbons (Fsp3) is 0.136. The Hall–Kier alpha value is -3.74. The smallest absolute Gasteiger partial charge is 0.252 e. The van der Waals surface area contributed by atoms with Gasteiger partial charge in [0.05, 0.1) is 17.4 Å². The van der Waals surface area contributed by atoms with Crippen LogP contribution in [0.1, 0.15) is 22.8 Å². The number of hydrogen-bond acceptors (Lipinski definition) is 4. The summed E-state index contributed by atoms with van der Waals surface area (Å²) < 4.78 is 13.6. The van der Waals surface area contributed by atoms with Crippen molar-refractivity contribution in [3.8, 4) is 0 Å². The van der Waals surface area contributed by atoms with E-state index in [0.29, 0.717) is 35.5 Å². The Morgan fingerprint density at radius 3 is 2.41 bits per heavy atom. The molecule has 3 aromatic rings. The quantitative estimate of drug-likeness (QED) is 0.570. The molecule has 3 N–H and O–H groups in total. The van der Waals surface area contributed by atoms with Gasteiger partial charge in [0.1, 0.15) is 5.82 Å². The van der Waals surface area contributed by atoms with Crippen LogP contribution in [0.2, 0.25) is 0 Å². The van der Waals surface area contributed by atoms with Crippen LogP contribution in [0.25, 0.3) is 0 Å². The predicted molar refractivity (Wildman–Crippen MR) is 111 cm³/mol. The fourth-order valence-electron chi connectivity index (χ4n) is 2.75. The van der Waals surface area contributed by atoms with Gasteiger partial charge in [0.25, 0.3) is 5.91 Å². The van der Waals surface area contributed by atoms with Crippen LogP contribution in [-0.2, 0) is 11.2 Å². The Bertz CT molecular complexity index is 1010. The number of nitrogens with one attached hydrogen (secondary N) is 3. The molecular formula is C22H21FN4O2. The van der Waals surface area contributed by atoms with E-state index >= 15 is 0 Å². The number of carbonyl (C=O) groups is 2. The van der Waals surface area contributed by atoms with Gasteiger partial charge >= 0.3 is 0 Å². The summed E-state index contributed by atoms with van der Waals surface area (Å²) in [5.41, 5.74) is 3.10. The number of hydrogen-bond donors (Lipinski definition) is 3. The summed E-state index contributed by atoms with van der Waals surface area (Å²) in [7, 11) is 0. The van der Waals surface area contributed by atoms with Crippen LogP contribution in [0.3, 0.4) is 0 Å². The first-order chi connectivity index (χ1) is 14.0. The summed E-state index contributed by atoms with van der Waals surface area (Å²) in [6, 6.07) is 15.4. The van der Waals surface area contributed by atoms with Gasteiger partial charge in [-0.05, 0) is 48.4 Å². The number of pyridine rings is 1. The van der Waals surface area contributed by atoms with E-state index in [4.69, 9.17) is 0 Å². The van der Waals surface area contributed by atoms with E-state index in [9.17, 15) is 14.0 Å². The number of nitrogens with zero attached hydrogens (tertiary/aromatic N) is 1. The normalized spacial score (nSPS) is 10.3. The standard InChI is InChI=1S/C22H21FN4O2/c1-15(28)26-18-6-8-19(9-7-18)27-20-12-17(13-24-14-20)22(29)25-11-10-16-4-2-3-5-21(16)23/h2-9,12-14,27H,10-11H2,1H3,(H,25,29)(H,26,28). The molecule has 0 bridgehead atoms. The van der Waals surface area contributed by atoms with Gasteiger partial charge in [-0.25, -0.2) is 4.39 Å². The molecule has 0 unspecified atom stereocenters. The highest BCUT2D eigenvalue weighted by Gasteiger charge is 2.08. The lowest BCUT2D eigenvalue weighted by Crippen LogP contribution is -2.26. The highest BCUT2D eigenvalue weighted by molar-refractivity contribution is 5.95. The third-order valence-corrected chi connectivity index (χ3v) is 4.13. The van der Waals surface area contributed by atoms with E-state index in [-0.39, 0.29) is 17.6 Å². The number of aromatic nitrogens is 1. The number of rotatable bonds is 7. The number of benzene rings is 2. The molecule has 6 nitrogen and oxygen atoms in total. The highest BCUT2D eigenvalue weighted by Crippen LogP contribution is 2.19. The molecule has 7 heteroatoms. The molecule has 1 heterocycles. The summed E-state index contributed by atoms with van der Waals surface area (Å²) in [6.45, 7) is 1.77. The Kier molecular flexibility index (Phi) is 6.52. The minimum Gasteiger partial charge on any atom is -0.354 e. The Balaban J connectivity index is 1.57. The fourth-order valence-corrected chi connectivity index (χ4v) is 2.75. The topological polar surface area (TPSA) is 83.1 Å². The average Bonchev–Trinajstić information content (AvgIpc) is 2.71. The van der Waals surface area contributed by atoms with E-state index < -0.39 is 0 Å². The lowest BCUT2D eigenvalue weighted by Gasteiger charge is -2.10. The SMILES string of the molecule is CC(=O)Nc1ccc(Nc2cncc(C(=O)NCCc3ccccc3F)c2)cc1. The van der Waals surface area contributed by atoms with E-state index in [0.717, 1.165) is 5.69 Å². The van der Waals surface area contributed by atoms with Crippen LogP contribution in [0, 0.1) is 5.82 Å². The Labute approximate surface area is 168 Å². The summed E-state index contributed by atoms with van der Waals surface area (Å²) >= 11 is 0. The third-order valence-electron chi connectivity index (χ3n) is 4.13. The predicted octanol–water partition coefficient (Wildman–Crippen LogP) is 3.90. The van der Waals surface area contributed by atoms with Crippen LogP contribution >= 0.6 is 0 Å². The van der Waals surface area contributed by atoms with E-state index in [2.05, 4.69) is 20.9 Å². The van der Waals surface area contributed by atoms with Crippen molar-refractivity contribution < 1.29 is 14.0 Å². The maximum absolute atomic E-state index is 13.6. The van der Waals surface area contributed by atoms with Gasteiger partial charge in [0, 0.05) is 31.0 Å². The lowest BCUT2D eigenvalue weighted by molar-refractivity contribution is -0.114. The first-order valence-electron chi connectivity index (χ1n) is 9.12. The highest BCUT2D eigenvalue weighted by atomic mass is 19.1. The molecule has 2 amide bonds. The second kappa shape index (κ2) is 9.45. The summed E-state index contributed by atoms with van der Waals surface area (Å²) in [5, 5.41) is 8.64. The molecule has 3 rings (SSSR count). The Morgan fingerprint density at radius 2 is 1.69 bits per heavy atom. The molecule has 1 aromatic heterocycles. The van der Waals surface area contributed by atoms with Crippen molar-refractivity contribution in [1.82, 2.24) is 10.3 Å². The van der Waals surface area contributed by atoms with E-state index in [1.165, 1.54) is 19.2 Å². The van der Waals surface area contributed by atoms with Crippen molar-refractivity contribution >= 4 is 28.9 Å². The van der Waals surface area contributed by atoms with Crippen LogP contribution in [0.5, 0.6) is 0 Å². The summed E-state index contributed by atoms with van der Waals surface area (Å²) in [4.78, 5) is 27.5. The molecule has 0 aliphatic carbocycles. The zero-order valence-corrected chi connectivity index (χ0v) is 15.9. The molecule has 148 valence electrons. The molecule has 0 saturated heterocycles. The van der Waals surface area contributed by atoms with Crippen molar-refractivity contribution in [2.24, 2.45) is 0 Å². The van der Waals surface area contributed by atoms with Crippen molar-refractivity contribution in [2.45, 2.75) is 13.3 Å². The first kappa shape index (κ1) is 20.0. The van der Waals surface area contributed by atoms with Crippen LogP contribution < -0.4 is 16.0 Å². The molecule has 0 spiro atoms. The van der Waals surface area contributed by atoms with Gasteiger partial charge < -0.3 is 16.0 Å². The Morgan fingerprint density at radius 1 is 0.966 bits per heavy atom. The minimum absolute atomic E-state index is 0.136. The average molecular weight is 392 g/mol. The number of anilines is 3. The molecule has 0 fully saturated rings. The number of amides is 2. The molecule has 0 saturated carbocycles. The van der Waals surface area contributed by atoms with Gasteiger partial charge in [0.15, 0.2) is 0 Å². The molecule has 0 aliphatic rings. The monoisotopic (exact) mass is 392 g/mol. The van der Waals surface area contributed by atoms with E-state index in [1.54, 1.807) is 42.6 Å². The molecule has 0 radical (unpaired) electrons. The van der Waals surface area contributed by atoms with Gasteiger partial charge in [-0.3, -0.25) is 14.6 Å². The van der Waals surface area contributed by atoms with Crippen LogP contribution in [0.4, 0.5) is 21.5 Å². The molecular weight excluding hydrogens is 371 g/mol. The number of halogens is 1. The second-order valence-electron chi connectivity index (χ2n) is 6.44. The first-order valence-corrected chi connectivity index (χ1v) is 9.12. The maximum Gasteiger partial charge on any atom is 0.252 e. The molecule has 2 aromatic carbocycles. The van der Waals surface area contributed by atoms with Crippen molar-refractivity contribution in [1.29, 1.82) is 0 Å². The maximum atomic E-state index is 13.6. The van der Waals surface area contributed by atoms with Gasteiger partial charge in [-0.2, -0.15) is 0 Å². The largest absolute Gasteiger partial charge is 0.354 e. The molecule has 29 heavy (non-hydrogen) atoms. The van der Waals surface area contributed by atoms with Crippen molar-refractivity contribution in [3.63, 3.8) is 0 Å².